The van der Waals surface area contributed by atoms with Crippen molar-refractivity contribution in [3.05, 3.63) is 24.0 Å². The summed E-state index contributed by atoms with van der Waals surface area (Å²) in [4.78, 5) is 22.7. The fraction of sp³-hybridized carbons (Fsp3) is 0.500. The second-order valence-corrected chi connectivity index (χ2v) is 4.41. The highest BCUT2D eigenvalue weighted by Gasteiger charge is 2.18. The Labute approximate surface area is 105 Å². The molecule has 2 heterocycles. The fourth-order valence-corrected chi connectivity index (χ4v) is 2.13. The third-order valence-corrected chi connectivity index (χ3v) is 3.04. The molecule has 1 saturated heterocycles. The lowest BCUT2D eigenvalue weighted by atomic mass is 10.1. The molecule has 2 rings (SSSR count). The monoisotopic (exact) mass is 251 g/mol. The second kappa shape index (κ2) is 5.68. The third-order valence-electron chi connectivity index (χ3n) is 3.04. The largest absolute Gasteiger partial charge is 0.480 e. The van der Waals surface area contributed by atoms with Gasteiger partial charge < -0.3 is 20.3 Å². The first-order valence-corrected chi connectivity index (χ1v) is 6.05. The Hall–Kier alpha value is -1.82. The van der Waals surface area contributed by atoms with Gasteiger partial charge in [0.25, 0.3) is 5.91 Å². The van der Waals surface area contributed by atoms with Crippen LogP contribution in [0.15, 0.2) is 18.3 Å². The molecule has 0 saturated carbocycles. The molecule has 1 amide bonds. The van der Waals surface area contributed by atoms with Crippen LogP contribution in [0, 0.1) is 0 Å². The van der Waals surface area contributed by atoms with Crippen molar-refractivity contribution in [2.45, 2.75) is 25.4 Å². The van der Waals surface area contributed by atoms with E-state index >= 15 is 0 Å². The van der Waals surface area contributed by atoms with E-state index in [1.807, 2.05) is 0 Å². The molecule has 3 N–H and O–H groups in total. The van der Waals surface area contributed by atoms with Crippen LogP contribution in [-0.2, 0) is 11.3 Å². The average Bonchev–Trinajstić information content (AvgIpc) is 2.77. The number of carboxylic acid groups (broad SMARTS) is 1. The molecule has 0 atom stereocenters. The molecule has 6 nitrogen and oxygen atoms in total. The third kappa shape index (κ3) is 3.10. The number of rotatable bonds is 4. The minimum atomic E-state index is -0.956. The molecular weight excluding hydrogens is 234 g/mol. The Morgan fingerprint density at radius 2 is 2.17 bits per heavy atom. The number of carboxylic acids is 1. The van der Waals surface area contributed by atoms with Gasteiger partial charge in [-0.05, 0) is 38.1 Å². The van der Waals surface area contributed by atoms with Crippen molar-refractivity contribution in [3.8, 4) is 0 Å². The first kappa shape index (κ1) is 12.6. The van der Waals surface area contributed by atoms with Crippen LogP contribution in [0.25, 0.3) is 0 Å². The van der Waals surface area contributed by atoms with Gasteiger partial charge in [-0.25, -0.2) is 0 Å². The molecule has 0 unspecified atom stereocenters. The van der Waals surface area contributed by atoms with Crippen molar-refractivity contribution < 1.29 is 14.7 Å². The number of aliphatic carboxylic acids is 1. The number of nitrogens with one attached hydrogen (secondary N) is 2. The minimum Gasteiger partial charge on any atom is -0.480 e. The van der Waals surface area contributed by atoms with Gasteiger partial charge in [-0.15, -0.1) is 0 Å². The lowest BCUT2D eigenvalue weighted by Gasteiger charge is -2.23. The van der Waals surface area contributed by atoms with Crippen LogP contribution < -0.4 is 10.6 Å². The van der Waals surface area contributed by atoms with Crippen molar-refractivity contribution in [3.63, 3.8) is 0 Å². The van der Waals surface area contributed by atoms with Gasteiger partial charge in [-0.3, -0.25) is 9.59 Å². The van der Waals surface area contributed by atoms with E-state index in [9.17, 15) is 9.59 Å². The molecular formula is C12H17N3O3. The summed E-state index contributed by atoms with van der Waals surface area (Å²) in [6.07, 6.45) is 3.42. The fourth-order valence-electron chi connectivity index (χ4n) is 2.13. The summed E-state index contributed by atoms with van der Waals surface area (Å²) < 4.78 is 1.44. The van der Waals surface area contributed by atoms with Gasteiger partial charge in [0.15, 0.2) is 0 Å². The van der Waals surface area contributed by atoms with Gasteiger partial charge in [-0.2, -0.15) is 0 Å². The van der Waals surface area contributed by atoms with E-state index in [4.69, 9.17) is 5.11 Å². The van der Waals surface area contributed by atoms with Gasteiger partial charge >= 0.3 is 5.97 Å². The Bertz CT molecular complexity index is 436. The molecule has 0 bridgehead atoms. The Kier molecular flexibility index (Phi) is 3.99. The number of aromatic nitrogens is 1. The molecule has 1 aromatic heterocycles. The zero-order chi connectivity index (χ0) is 13.0. The van der Waals surface area contributed by atoms with E-state index in [0.29, 0.717) is 5.69 Å². The van der Waals surface area contributed by atoms with E-state index in [-0.39, 0.29) is 18.5 Å². The average molecular weight is 251 g/mol. The summed E-state index contributed by atoms with van der Waals surface area (Å²) in [5.74, 6) is -1.16. The molecule has 1 aromatic rings. The molecule has 0 spiro atoms. The van der Waals surface area contributed by atoms with E-state index in [1.54, 1.807) is 18.3 Å². The SMILES string of the molecule is O=C(O)Cn1cccc1C(=O)NC1CCNCC1. The van der Waals surface area contributed by atoms with E-state index in [1.165, 1.54) is 4.57 Å². The normalized spacial score (nSPS) is 16.4. The summed E-state index contributed by atoms with van der Waals surface area (Å²) in [5, 5.41) is 14.9. The van der Waals surface area contributed by atoms with Gasteiger partial charge in [0.2, 0.25) is 0 Å². The van der Waals surface area contributed by atoms with E-state index in [0.717, 1.165) is 25.9 Å². The van der Waals surface area contributed by atoms with E-state index in [2.05, 4.69) is 10.6 Å². The number of carbonyl (C=O) groups is 2. The predicted molar refractivity (Wildman–Crippen MR) is 65.4 cm³/mol. The summed E-state index contributed by atoms with van der Waals surface area (Å²) in [6.45, 7) is 1.62. The standard InChI is InChI=1S/C12H17N3O3/c16-11(17)8-15-7-1-2-10(15)12(18)14-9-3-5-13-6-4-9/h1-2,7,9,13H,3-6,8H2,(H,14,18)(H,16,17). The smallest absolute Gasteiger partial charge is 0.323 e. The van der Waals surface area contributed by atoms with Crippen molar-refractivity contribution in [2.75, 3.05) is 13.1 Å². The summed E-state index contributed by atoms with van der Waals surface area (Å²) in [5.41, 5.74) is 0.399. The van der Waals surface area contributed by atoms with Crippen LogP contribution in [0.1, 0.15) is 23.3 Å². The Morgan fingerprint density at radius 1 is 1.44 bits per heavy atom. The first-order chi connectivity index (χ1) is 8.66. The number of nitrogens with zero attached hydrogens (tertiary/aromatic N) is 1. The summed E-state index contributed by atoms with van der Waals surface area (Å²) >= 11 is 0. The lowest BCUT2D eigenvalue weighted by Crippen LogP contribution is -2.43. The van der Waals surface area contributed by atoms with E-state index < -0.39 is 5.97 Å². The maximum atomic E-state index is 12.0. The quantitative estimate of drug-likeness (QED) is 0.706. The predicted octanol–water partition coefficient (Wildman–Crippen LogP) is 0.0545. The van der Waals surface area contributed by atoms with Gasteiger partial charge in [0, 0.05) is 12.2 Å². The topological polar surface area (TPSA) is 83.4 Å². The van der Waals surface area contributed by atoms with Gasteiger partial charge in [0.1, 0.15) is 12.2 Å². The number of hydrogen-bond donors (Lipinski definition) is 3. The zero-order valence-electron chi connectivity index (χ0n) is 10.1. The van der Waals surface area contributed by atoms with Gasteiger partial charge in [0.05, 0.1) is 0 Å². The van der Waals surface area contributed by atoms with Crippen LogP contribution in [-0.4, -0.2) is 40.7 Å². The van der Waals surface area contributed by atoms with Crippen molar-refractivity contribution in [2.24, 2.45) is 0 Å². The van der Waals surface area contributed by atoms with Crippen molar-refractivity contribution >= 4 is 11.9 Å². The summed E-state index contributed by atoms with van der Waals surface area (Å²) in [7, 11) is 0. The number of hydrogen-bond acceptors (Lipinski definition) is 3. The Morgan fingerprint density at radius 3 is 2.83 bits per heavy atom. The number of carbonyl (C=O) groups excluding carboxylic acids is 1. The number of piperidine rings is 1. The molecule has 98 valence electrons. The molecule has 1 aliphatic rings. The van der Waals surface area contributed by atoms with Crippen LogP contribution in [0.4, 0.5) is 0 Å². The number of amides is 1. The van der Waals surface area contributed by atoms with Crippen molar-refractivity contribution in [1.82, 2.24) is 15.2 Å². The maximum Gasteiger partial charge on any atom is 0.323 e. The van der Waals surface area contributed by atoms with Crippen LogP contribution in [0.2, 0.25) is 0 Å². The molecule has 1 aliphatic heterocycles. The van der Waals surface area contributed by atoms with Crippen LogP contribution >= 0.6 is 0 Å². The highest BCUT2D eigenvalue weighted by molar-refractivity contribution is 5.93. The lowest BCUT2D eigenvalue weighted by molar-refractivity contribution is -0.137. The molecule has 6 heteroatoms. The zero-order valence-corrected chi connectivity index (χ0v) is 10.1. The highest BCUT2D eigenvalue weighted by Crippen LogP contribution is 2.06. The molecule has 1 fully saturated rings. The summed E-state index contributed by atoms with van der Waals surface area (Å²) in [6, 6.07) is 3.49. The molecule has 0 aromatic carbocycles. The second-order valence-electron chi connectivity index (χ2n) is 4.41. The first-order valence-electron chi connectivity index (χ1n) is 6.05. The van der Waals surface area contributed by atoms with Crippen molar-refractivity contribution in [1.29, 1.82) is 0 Å². The van der Waals surface area contributed by atoms with Crippen LogP contribution in [0.5, 0.6) is 0 Å². The maximum absolute atomic E-state index is 12.0. The molecule has 18 heavy (non-hydrogen) atoms. The minimum absolute atomic E-state index is 0.173. The molecule has 0 radical (unpaired) electrons. The molecule has 0 aliphatic carbocycles. The Balaban J connectivity index is 1.99. The highest BCUT2D eigenvalue weighted by atomic mass is 16.4. The van der Waals surface area contributed by atoms with Crippen LogP contribution in [0.3, 0.4) is 0 Å². The van der Waals surface area contributed by atoms with Gasteiger partial charge in [-0.1, -0.05) is 0 Å².